The van der Waals surface area contributed by atoms with Crippen LogP contribution < -0.4 is 0 Å². The maximum absolute atomic E-state index is 13.1. The van der Waals surface area contributed by atoms with Crippen LogP contribution in [0.15, 0.2) is 0 Å². The van der Waals surface area contributed by atoms with Crippen LogP contribution in [0.3, 0.4) is 0 Å². The van der Waals surface area contributed by atoms with Crippen LogP contribution in [0.1, 0.15) is 413 Å². The summed E-state index contributed by atoms with van der Waals surface area (Å²) < 4.78 is 68.3. The molecule has 0 aromatic carbocycles. The summed E-state index contributed by atoms with van der Waals surface area (Å²) in [5.74, 6) is -1.32. The molecular formula is C78H152O17P2. The first-order chi connectivity index (χ1) is 47.0. The molecule has 5 atom stereocenters. The minimum atomic E-state index is -4.96. The fourth-order valence-electron chi connectivity index (χ4n) is 12.1. The molecule has 0 rings (SSSR count). The molecule has 0 saturated carbocycles. The smallest absolute Gasteiger partial charge is 0.462 e. The van der Waals surface area contributed by atoms with Gasteiger partial charge in [0.05, 0.1) is 26.4 Å². The highest BCUT2D eigenvalue weighted by molar-refractivity contribution is 7.47. The maximum atomic E-state index is 13.1. The van der Waals surface area contributed by atoms with Crippen molar-refractivity contribution in [3.05, 3.63) is 0 Å². The molecule has 2 unspecified atom stereocenters. The number of carbonyl (C=O) groups is 4. The molecule has 97 heavy (non-hydrogen) atoms. The largest absolute Gasteiger partial charge is 0.472 e. The lowest BCUT2D eigenvalue weighted by Crippen LogP contribution is -2.30. The molecule has 19 heteroatoms. The predicted molar refractivity (Wildman–Crippen MR) is 395 cm³/mol. The van der Waals surface area contributed by atoms with Gasteiger partial charge in [0.2, 0.25) is 0 Å². The molecule has 0 saturated heterocycles. The van der Waals surface area contributed by atoms with E-state index < -0.39 is 97.5 Å². The number of rotatable bonds is 78. The van der Waals surface area contributed by atoms with Crippen LogP contribution in [-0.4, -0.2) is 96.7 Å². The van der Waals surface area contributed by atoms with Crippen molar-refractivity contribution in [3.63, 3.8) is 0 Å². The minimum absolute atomic E-state index is 0.107. The number of unbranched alkanes of at least 4 members (excludes halogenated alkanes) is 50. The van der Waals surface area contributed by atoms with Crippen LogP contribution in [0.5, 0.6) is 0 Å². The summed E-state index contributed by atoms with van der Waals surface area (Å²) in [4.78, 5) is 72.6. The van der Waals surface area contributed by atoms with Gasteiger partial charge in [0.1, 0.15) is 19.3 Å². The molecule has 0 aromatic heterocycles. The van der Waals surface area contributed by atoms with Crippen molar-refractivity contribution >= 4 is 39.5 Å². The number of hydrogen-bond acceptors (Lipinski definition) is 15. The number of hydrogen-bond donors (Lipinski definition) is 3. The van der Waals surface area contributed by atoms with Gasteiger partial charge < -0.3 is 33.8 Å². The zero-order chi connectivity index (χ0) is 71.2. The molecule has 17 nitrogen and oxygen atoms in total. The number of aliphatic hydroxyl groups excluding tert-OH is 1. The Bertz CT molecular complexity index is 1860. The molecule has 0 fully saturated rings. The Balaban J connectivity index is 5.11. The van der Waals surface area contributed by atoms with E-state index in [9.17, 15) is 43.2 Å². The zero-order valence-corrected chi connectivity index (χ0v) is 65.0. The van der Waals surface area contributed by atoms with E-state index in [2.05, 4.69) is 34.6 Å². The Labute approximate surface area is 594 Å². The van der Waals surface area contributed by atoms with Gasteiger partial charge in [-0.05, 0) is 31.6 Å². The quantitative estimate of drug-likeness (QED) is 0.0222. The van der Waals surface area contributed by atoms with Crippen LogP contribution >= 0.6 is 15.6 Å². The van der Waals surface area contributed by atoms with Crippen molar-refractivity contribution in [2.24, 2.45) is 5.92 Å². The summed E-state index contributed by atoms with van der Waals surface area (Å²) in [6.45, 7) is 7.24. The fraction of sp³-hybridized carbons (Fsp3) is 0.949. The van der Waals surface area contributed by atoms with Gasteiger partial charge in [-0.2, -0.15) is 0 Å². The molecule has 0 aliphatic carbocycles. The van der Waals surface area contributed by atoms with Gasteiger partial charge in [-0.1, -0.05) is 362 Å². The number of carbonyl (C=O) groups excluding carboxylic acids is 4. The number of phosphoric acid groups is 2. The van der Waals surface area contributed by atoms with Gasteiger partial charge in [0, 0.05) is 25.7 Å². The second kappa shape index (κ2) is 71.1. The Kier molecular flexibility index (Phi) is 69.6. The molecular weight excluding hydrogens is 1270 g/mol. The Morgan fingerprint density at radius 3 is 0.701 bits per heavy atom. The summed E-state index contributed by atoms with van der Waals surface area (Å²) in [5.41, 5.74) is 0. The van der Waals surface area contributed by atoms with Gasteiger partial charge in [-0.25, -0.2) is 9.13 Å². The molecule has 0 bridgehead atoms. The first-order valence-corrected chi connectivity index (χ1v) is 43.6. The van der Waals surface area contributed by atoms with Gasteiger partial charge in [-0.3, -0.25) is 37.3 Å². The van der Waals surface area contributed by atoms with E-state index in [1.807, 2.05) is 0 Å². The Morgan fingerprint density at radius 1 is 0.278 bits per heavy atom. The molecule has 3 N–H and O–H groups in total. The van der Waals surface area contributed by atoms with Crippen molar-refractivity contribution in [3.8, 4) is 0 Å². The van der Waals surface area contributed by atoms with Gasteiger partial charge in [0.15, 0.2) is 12.2 Å². The summed E-state index contributed by atoms with van der Waals surface area (Å²) >= 11 is 0. The van der Waals surface area contributed by atoms with Crippen molar-refractivity contribution in [1.82, 2.24) is 0 Å². The van der Waals surface area contributed by atoms with Crippen LogP contribution in [-0.2, 0) is 65.4 Å². The Morgan fingerprint density at radius 2 is 0.474 bits per heavy atom. The third-order valence-corrected chi connectivity index (χ3v) is 20.2. The fourth-order valence-corrected chi connectivity index (χ4v) is 13.6. The van der Waals surface area contributed by atoms with Gasteiger partial charge >= 0.3 is 39.5 Å². The molecule has 576 valence electrons. The van der Waals surface area contributed by atoms with Crippen LogP contribution in [0.25, 0.3) is 0 Å². The third-order valence-electron chi connectivity index (χ3n) is 18.3. The van der Waals surface area contributed by atoms with Gasteiger partial charge in [-0.15, -0.1) is 0 Å². The number of ether oxygens (including phenoxy) is 4. The highest BCUT2D eigenvalue weighted by Crippen LogP contribution is 2.45. The van der Waals surface area contributed by atoms with E-state index in [-0.39, 0.29) is 25.7 Å². The highest BCUT2D eigenvalue weighted by Gasteiger charge is 2.30. The average molecular weight is 1420 g/mol. The van der Waals surface area contributed by atoms with Gasteiger partial charge in [0.25, 0.3) is 0 Å². The van der Waals surface area contributed by atoms with Crippen molar-refractivity contribution in [1.29, 1.82) is 0 Å². The molecule has 0 radical (unpaired) electrons. The monoisotopic (exact) mass is 1420 g/mol. The second-order valence-electron chi connectivity index (χ2n) is 28.6. The van der Waals surface area contributed by atoms with Crippen molar-refractivity contribution in [2.45, 2.75) is 432 Å². The summed E-state index contributed by atoms with van der Waals surface area (Å²) in [5, 5.41) is 10.6. The summed E-state index contributed by atoms with van der Waals surface area (Å²) in [6.07, 6.45) is 61.6. The second-order valence-corrected chi connectivity index (χ2v) is 31.5. The van der Waals surface area contributed by atoms with E-state index in [0.29, 0.717) is 25.7 Å². The maximum Gasteiger partial charge on any atom is 0.472 e. The first-order valence-electron chi connectivity index (χ1n) is 40.6. The van der Waals surface area contributed by atoms with Crippen LogP contribution in [0.4, 0.5) is 0 Å². The van der Waals surface area contributed by atoms with Crippen molar-refractivity contribution < 1.29 is 80.2 Å². The number of esters is 4. The topological polar surface area (TPSA) is 237 Å². The molecule has 0 aliphatic rings. The lowest BCUT2D eigenvalue weighted by Gasteiger charge is -2.21. The predicted octanol–water partition coefficient (Wildman–Crippen LogP) is 23.3. The lowest BCUT2D eigenvalue weighted by atomic mass is 10.0. The Hall–Kier alpha value is -1.94. The highest BCUT2D eigenvalue weighted by atomic mass is 31.2. The molecule has 0 heterocycles. The molecule has 0 amide bonds. The van der Waals surface area contributed by atoms with E-state index in [1.165, 1.54) is 231 Å². The average Bonchev–Trinajstić information content (AvgIpc) is 1.79. The van der Waals surface area contributed by atoms with E-state index >= 15 is 0 Å². The third kappa shape index (κ3) is 72.2. The lowest BCUT2D eigenvalue weighted by molar-refractivity contribution is -0.161. The van der Waals surface area contributed by atoms with E-state index in [1.54, 1.807) is 0 Å². The van der Waals surface area contributed by atoms with Crippen LogP contribution in [0.2, 0.25) is 0 Å². The molecule has 0 aromatic rings. The van der Waals surface area contributed by atoms with E-state index in [0.717, 1.165) is 102 Å². The SMILES string of the molecule is CCCCCCCCCCCCCCCCCCCCCCCCC(=O)O[C@H](COC(=O)CCCCCCCCCCCCCCCCCC(C)C)COP(=O)(O)OC[C@@H](O)COP(=O)(O)OC[C@@H](COC(=O)CCCCCCC)OC(=O)CCCCCCCCCCCCCC. The zero-order valence-electron chi connectivity index (χ0n) is 63.2. The standard InChI is InChI=1S/C78H152O17P2/c1-6-9-12-15-17-19-21-23-24-25-26-27-28-29-30-33-37-41-45-49-54-59-64-78(83)95-74(68-89-76(81)62-57-52-47-43-40-36-34-31-32-35-38-42-46-51-55-60-71(4)5)70-93-97(86,87)91-66-72(79)65-90-96(84,85)92-69-73(67-88-75(80)61-56-50-14-11-8-3)94-77(82)63-58-53-48-44-39-22-20-18-16-13-10-7-2/h71-74,79H,6-70H2,1-5H3,(H,84,85)(H,86,87)/t72-,73+,74+/m0/s1. The summed E-state index contributed by atoms with van der Waals surface area (Å²) in [6, 6.07) is 0. The molecule has 0 aliphatic heterocycles. The molecule has 0 spiro atoms. The number of aliphatic hydroxyl groups is 1. The van der Waals surface area contributed by atoms with Crippen LogP contribution in [0, 0.1) is 5.92 Å². The normalized spacial score (nSPS) is 13.9. The first kappa shape index (κ1) is 95.1. The minimum Gasteiger partial charge on any atom is -0.462 e. The number of phosphoric ester groups is 2. The van der Waals surface area contributed by atoms with Crippen molar-refractivity contribution in [2.75, 3.05) is 39.6 Å². The summed E-state index contributed by atoms with van der Waals surface area (Å²) in [7, 11) is -9.90. The van der Waals surface area contributed by atoms with E-state index in [4.69, 9.17) is 37.0 Å².